The Bertz CT molecular complexity index is 748. The molecule has 1 aliphatic heterocycles. The normalized spacial score (nSPS) is 19.8. The number of nitrogens with zero attached hydrogens (tertiary/aromatic N) is 2. The molecule has 2 heterocycles. The van der Waals surface area contributed by atoms with Gasteiger partial charge in [0.1, 0.15) is 12.7 Å². The minimum Gasteiger partial charge on any atom is -0.454 e. The van der Waals surface area contributed by atoms with E-state index >= 15 is 0 Å². The first-order valence-electron chi connectivity index (χ1n) is 7.96. The molecule has 1 N–H and O–H groups in total. The van der Waals surface area contributed by atoms with Crippen LogP contribution in [0.3, 0.4) is 0 Å². The summed E-state index contributed by atoms with van der Waals surface area (Å²) in [5.41, 5.74) is 7.49. The van der Waals surface area contributed by atoms with Gasteiger partial charge in [0.15, 0.2) is 5.69 Å². The third kappa shape index (κ3) is 2.54. The molecular formula is C17H19N3O3. The van der Waals surface area contributed by atoms with Crippen LogP contribution in [0.4, 0.5) is 0 Å². The average Bonchev–Trinajstić information content (AvgIpc) is 3.24. The lowest BCUT2D eigenvalue weighted by atomic mass is 10.2. The first kappa shape index (κ1) is 14.4. The number of carbonyl (C=O) groups excluding carboxylic acids is 1. The molecule has 0 bridgehead atoms. The van der Waals surface area contributed by atoms with Gasteiger partial charge in [-0.2, -0.15) is 10.6 Å². The summed E-state index contributed by atoms with van der Waals surface area (Å²) in [5.74, 6) is -0.354. The monoisotopic (exact) mass is 313 g/mol. The molecule has 1 aromatic heterocycles. The number of nitrogens with one attached hydrogen (secondary N) is 1. The van der Waals surface area contributed by atoms with Gasteiger partial charge >= 0.3 is 5.97 Å². The lowest BCUT2D eigenvalue weighted by molar-refractivity contribution is 0.0247. The molecule has 6 nitrogen and oxygen atoms in total. The molecule has 6 heteroatoms. The fraction of sp³-hybridized carbons (Fsp3) is 0.412. The van der Waals surface area contributed by atoms with Crippen LogP contribution >= 0.6 is 0 Å². The van der Waals surface area contributed by atoms with E-state index in [-0.39, 0.29) is 12.1 Å². The third-order valence-electron chi connectivity index (χ3n) is 4.42. The van der Waals surface area contributed by atoms with E-state index in [9.17, 15) is 4.79 Å². The Hall–Kier alpha value is -2.18. The first-order chi connectivity index (χ1) is 11.2. The number of para-hydroxylation sites is 1. The Balaban J connectivity index is 1.70. The number of ether oxygens (including phenoxy) is 1. The van der Waals surface area contributed by atoms with Crippen LogP contribution in [0.15, 0.2) is 24.3 Å². The molecule has 0 radical (unpaired) electrons. The summed E-state index contributed by atoms with van der Waals surface area (Å²) >= 11 is 0. The van der Waals surface area contributed by atoms with Crippen LogP contribution in [0.5, 0.6) is 0 Å². The summed E-state index contributed by atoms with van der Waals surface area (Å²) in [6.07, 6.45) is 2.62. The molecule has 0 unspecified atom stereocenters. The second-order valence-corrected chi connectivity index (χ2v) is 6.01. The number of aromatic nitrogens is 2. The highest BCUT2D eigenvalue weighted by molar-refractivity contribution is 5.89. The van der Waals surface area contributed by atoms with Crippen molar-refractivity contribution in [1.29, 1.82) is 0 Å². The van der Waals surface area contributed by atoms with Crippen LogP contribution in [0.2, 0.25) is 0 Å². The van der Waals surface area contributed by atoms with E-state index in [1.165, 1.54) is 0 Å². The summed E-state index contributed by atoms with van der Waals surface area (Å²) in [5, 5.41) is 4.59. The molecule has 120 valence electrons. The maximum atomic E-state index is 12.5. The summed E-state index contributed by atoms with van der Waals surface area (Å²) in [6, 6.07) is 8.08. The van der Waals surface area contributed by atoms with Gasteiger partial charge in [-0.3, -0.25) is 4.84 Å². The Morgan fingerprint density at radius 3 is 3.04 bits per heavy atom. The second-order valence-electron chi connectivity index (χ2n) is 6.01. The standard InChI is InChI=1S/C17H19N3O3/c1-11-5-2-3-7-14(11)20-15-8-4-6-13(15)16(19-20)17(21)23-12-9-18-22-10-12/h2-3,5,7,12,18H,4,6,8-10H2,1H3/t12-/m0/s1. The minimum absolute atomic E-state index is 0.247. The van der Waals surface area contributed by atoms with Gasteiger partial charge in [0, 0.05) is 11.3 Å². The van der Waals surface area contributed by atoms with E-state index in [2.05, 4.69) is 23.6 Å². The maximum Gasteiger partial charge on any atom is 0.359 e. The molecule has 0 spiro atoms. The molecule has 0 amide bonds. The highest BCUT2D eigenvalue weighted by Gasteiger charge is 2.30. The number of hydrogen-bond acceptors (Lipinski definition) is 5. The Labute approximate surface area is 134 Å². The molecule has 1 aromatic carbocycles. The molecule has 4 rings (SSSR count). The topological polar surface area (TPSA) is 65.4 Å². The number of rotatable bonds is 3. The Kier molecular flexibility index (Phi) is 3.63. The van der Waals surface area contributed by atoms with Gasteiger partial charge in [0.25, 0.3) is 0 Å². The second kappa shape index (κ2) is 5.79. The fourth-order valence-corrected chi connectivity index (χ4v) is 3.25. The van der Waals surface area contributed by atoms with Crippen molar-refractivity contribution < 1.29 is 14.4 Å². The van der Waals surface area contributed by atoms with Crippen molar-refractivity contribution in [3.8, 4) is 5.69 Å². The van der Waals surface area contributed by atoms with Crippen molar-refractivity contribution >= 4 is 5.97 Å². The van der Waals surface area contributed by atoms with Gasteiger partial charge in [0.05, 0.1) is 12.2 Å². The zero-order valence-corrected chi connectivity index (χ0v) is 13.0. The molecule has 2 aromatic rings. The summed E-state index contributed by atoms with van der Waals surface area (Å²) in [6.45, 7) is 2.96. The summed E-state index contributed by atoms with van der Waals surface area (Å²) < 4.78 is 7.41. The van der Waals surface area contributed by atoms with Crippen LogP contribution in [0.25, 0.3) is 5.69 Å². The zero-order chi connectivity index (χ0) is 15.8. The smallest absolute Gasteiger partial charge is 0.359 e. The van der Waals surface area contributed by atoms with Crippen LogP contribution in [0, 0.1) is 6.92 Å². The van der Waals surface area contributed by atoms with E-state index in [1.54, 1.807) is 0 Å². The molecule has 1 atom stereocenters. The lowest BCUT2D eigenvalue weighted by Crippen LogP contribution is -2.23. The van der Waals surface area contributed by atoms with Crippen LogP contribution in [-0.4, -0.2) is 35.0 Å². The fourth-order valence-electron chi connectivity index (χ4n) is 3.25. The zero-order valence-electron chi connectivity index (χ0n) is 13.0. The number of benzene rings is 1. The van der Waals surface area contributed by atoms with Crippen molar-refractivity contribution in [3.05, 3.63) is 46.8 Å². The van der Waals surface area contributed by atoms with Gasteiger partial charge in [0.2, 0.25) is 0 Å². The molecular weight excluding hydrogens is 294 g/mol. The molecule has 23 heavy (non-hydrogen) atoms. The number of hydroxylamine groups is 1. The minimum atomic E-state index is -0.354. The van der Waals surface area contributed by atoms with Crippen molar-refractivity contribution in [2.24, 2.45) is 0 Å². The van der Waals surface area contributed by atoms with Gasteiger partial charge in [-0.15, -0.1) is 0 Å². The van der Waals surface area contributed by atoms with Crippen LogP contribution in [0.1, 0.15) is 33.7 Å². The number of hydrogen-bond donors (Lipinski definition) is 1. The van der Waals surface area contributed by atoms with Gasteiger partial charge in [-0.05, 0) is 37.8 Å². The van der Waals surface area contributed by atoms with E-state index in [4.69, 9.17) is 9.57 Å². The maximum absolute atomic E-state index is 12.5. The highest BCUT2D eigenvalue weighted by Crippen LogP contribution is 2.29. The van der Waals surface area contributed by atoms with E-state index < -0.39 is 0 Å². The predicted molar refractivity (Wildman–Crippen MR) is 83.5 cm³/mol. The van der Waals surface area contributed by atoms with E-state index in [0.717, 1.165) is 41.8 Å². The predicted octanol–water partition coefficient (Wildman–Crippen LogP) is 1.73. The van der Waals surface area contributed by atoms with Crippen LogP contribution in [-0.2, 0) is 22.4 Å². The van der Waals surface area contributed by atoms with Crippen LogP contribution < -0.4 is 5.48 Å². The number of aryl methyl sites for hydroxylation is 1. The largest absolute Gasteiger partial charge is 0.454 e. The number of esters is 1. The number of carbonyl (C=O) groups is 1. The third-order valence-corrected chi connectivity index (χ3v) is 4.42. The SMILES string of the molecule is Cc1ccccc1-n1nc(C(=O)O[C@H]2CNOC2)c2c1CCC2. The van der Waals surface area contributed by atoms with E-state index in [0.29, 0.717) is 18.8 Å². The number of fused-ring (bicyclic) bond motifs is 1. The summed E-state index contributed by atoms with van der Waals surface area (Å²) in [4.78, 5) is 17.5. The summed E-state index contributed by atoms with van der Waals surface area (Å²) in [7, 11) is 0. The lowest BCUT2D eigenvalue weighted by Gasteiger charge is -2.09. The Morgan fingerprint density at radius 1 is 1.39 bits per heavy atom. The van der Waals surface area contributed by atoms with Gasteiger partial charge in [-0.25, -0.2) is 9.48 Å². The van der Waals surface area contributed by atoms with Crippen molar-refractivity contribution in [2.45, 2.75) is 32.3 Å². The first-order valence-corrected chi connectivity index (χ1v) is 7.96. The molecule has 1 saturated heterocycles. The average molecular weight is 313 g/mol. The molecule has 2 aliphatic rings. The van der Waals surface area contributed by atoms with E-state index in [1.807, 2.05) is 22.9 Å². The molecule has 1 fully saturated rings. The van der Waals surface area contributed by atoms with Crippen molar-refractivity contribution in [2.75, 3.05) is 13.2 Å². The molecule has 1 aliphatic carbocycles. The molecule has 0 saturated carbocycles. The van der Waals surface area contributed by atoms with Gasteiger partial charge in [-0.1, -0.05) is 18.2 Å². The quantitative estimate of drug-likeness (QED) is 0.874. The van der Waals surface area contributed by atoms with Gasteiger partial charge < -0.3 is 4.74 Å². The highest BCUT2D eigenvalue weighted by atomic mass is 16.7. The Morgan fingerprint density at radius 2 is 2.26 bits per heavy atom. The van der Waals surface area contributed by atoms with Crippen molar-refractivity contribution in [3.63, 3.8) is 0 Å². The van der Waals surface area contributed by atoms with Crippen molar-refractivity contribution in [1.82, 2.24) is 15.3 Å².